The Kier molecular flexibility index (Phi) is 2.52. The van der Waals surface area contributed by atoms with E-state index in [1.807, 2.05) is 6.92 Å². The Morgan fingerprint density at radius 1 is 1.67 bits per heavy atom. The van der Waals surface area contributed by atoms with Gasteiger partial charge in [0.15, 0.2) is 0 Å². The van der Waals surface area contributed by atoms with Crippen molar-refractivity contribution in [3.05, 3.63) is 23.7 Å². The number of carbonyl (C=O) groups excluding carboxylic acids is 1. The van der Waals surface area contributed by atoms with Gasteiger partial charge in [0.25, 0.3) is 5.91 Å². The van der Waals surface area contributed by atoms with E-state index in [-0.39, 0.29) is 11.4 Å². The highest BCUT2D eigenvalue weighted by Gasteiger charge is 2.30. The van der Waals surface area contributed by atoms with Crippen molar-refractivity contribution in [3.8, 4) is 0 Å². The highest BCUT2D eigenvalue weighted by Crippen LogP contribution is 2.15. The number of rotatable bonds is 2. The van der Waals surface area contributed by atoms with E-state index in [9.17, 15) is 4.79 Å². The van der Waals surface area contributed by atoms with Gasteiger partial charge in [0.2, 0.25) is 0 Å². The first-order valence-corrected chi connectivity index (χ1v) is 5.17. The lowest BCUT2D eigenvalue weighted by Gasteiger charge is -2.23. The molecule has 1 atom stereocenters. The van der Waals surface area contributed by atoms with Gasteiger partial charge >= 0.3 is 0 Å². The molecule has 0 saturated carbocycles. The molecule has 1 unspecified atom stereocenters. The lowest BCUT2D eigenvalue weighted by molar-refractivity contribution is 0.0912. The summed E-state index contributed by atoms with van der Waals surface area (Å²) in [4.78, 5) is 11.8. The summed E-state index contributed by atoms with van der Waals surface area (Å²) < 4.78 is 5.11. The van der Waals surface area contributed by atoms with Crippen molar-refractivity contribution in [2.45, 2.75) is 25.8 Å². The SMILES string of the molecule is Cc1cc(C(=O)NC2(C)CCNC2)co1. The summed E-state index contributed by atoms with van der Waals surface area (Å²) in [7, 11) is 0. The zero-order valence-corrected chi connectivity index (χ0v) is 9.09. The zero-order chi connectivity index (χ0) is 10.9. The van der Waals surface area contributed by atoms with Gasteiger partial charge in [-0.3, -0.25) is 4.79 Å². The van der Waals surface area contributed by atoms with E-state index in [2.05, 4.69) is 17.6 Å². The van der Waals surface area contributed by atoms with Crippen molar-refractivity contribution in [1.82, 2.24) is 10.6 Å². The lowest BCUT2D eigenvalue weighted by Crippen LogP contribution is -2.47. The second-order valence-electron chi connectivity index (χ2n) is 4.39. The molecule has 2 heterocycles. The van der Waals surface area contributed by atoms with Gasteiger partial charge in [-0.15, -0.1) is 0 Å². The summed E-state index contributed by atoms with van der Waals surface area (Å²) in [5.74, 6) is 0.702. The van der Waals surface area contributed by atoms with Gasteiger partial charge in [-0.1, -0.05) is 0 Å². The summed E-state index contributed by atoms with van der Waals surface area (Å²) in [6.07, 6.45) is 2.46. The van der Waals surface area contributed by atoms with Crippen molar-refractivity contribution < 1.29 is 9.21 Å². The molecule has 0 aromatic carbocycles. The smallest absolute Gasteiger partial charge is 0.255 e. The van der Waals surface area contributed by atoms with E-state index in [4.69, 9.17) is 4.42 Å². The number of carbonyl (C=O) groups is 1. The quantitative estimate of drug-likeness (QED) is 0.764. The topological polar surface area (TPSA) is 54.3 Å². The summed E-state index contributed by atoms with van der Waals surface area (Å²) in [6.45, 7) is 5.67. The van der Waals surface area contributed by atoms with Crippen LogP contribution in [0, 0.1) is 6.92 Å². The van der Waals surface area contributed by atoms with E-state index in [0.717, 1.165) is 25.3 Å². The van der Waals surface area contributed by atoms with Crippen LogP contribution in [0.5, 0.6) is 0 Å². The van der Waals surface area contributed by atoms with Crippen molar-refractivity contribution in [3.63, 3.8) is 0 Å². The maximum Gasteiger partial charge on any atom is 0.255 e. The molecule has 0 radical (unpaired) electrons. The molecule has 1 aliphatic rings. The van der Waals surface area contributed by atoms with E-state index in [0.29, 0.717) is 5.56 Å². The molecule has 1 aromatic heterocycles. The second-order valence-corrected chi connectivity index (χ2v) is 4.39. The van der Waals surface area contributed by atoms with Crippen LogP contribution >= 0.6 is 0 Å². The molecule has 1 aliphatic heterocycles. The normalized spacial score (nSPS) is 25.5. The van der Waals surface area contributed by atoms with Crippen LogP contribution in [0.1, 0.15) is 29.5 Å². The van der Waals surface area contributed by atoms with Crippen molar-refractivity contribution in [2.24, 2.45) is 0 Å². The Morgan fingerprint density at radius 3 is 3.00 bits per heavy atom. The van der Waals surface area contributed by atoms with Crippen molar-refractivity contribution in [1.29, 1.82) is 0 Å². The van der Waals surface area contributed by atoms with Crippen LogP contribution in [0.3, 0.4) is 0 Å². The summed E-state index contributed by atoms with van der Waals surface area (Å²) in [5.41, 5.74) is 0.475. The molecule has 1 aromatic rings. The van der Waals surface area contributed by atoms with E-state index < -0.39 is 0 Å². The van der Waals surface area contributed by atoms with Crippen molar-refractivity contribution >= 4 is 5.91 Å². The zero-order valence-electron chi connectivity index (χ0n) is 9.09. The number of aryl methyl sites for hydroxylation is 1. The van der Waals surface area contributed by atoms with E-state index in [1.165, 1.54) is 6.26 Å². The predicted molar refractivity (Wildman–Crippen MR) is 56.8 cm³/mol. The largest absolute Gasteiger partial charge is 0.469 e. The fourth-order valence-corrected chi connectivity index (χ4v) is 1.83. The van der Waals surface area contributed by atoms with Crippen LogP contribution in [0.2, 0.25) is 0 Å². The number of furan rings is 1. The second kappa shape index (κ2) is 3.70. The summed E-state index contributed by atoms with van der Waals surface area (Å²) >= 11 is 0. The number of hydrogen-bond acceptors (Lipinski definition) is 3. The number of hydrogen-bond donors (Lipinski definition) is 2. The third-order valence-corrected chi connectivity index (χ3v) is 2.78. The first-order chi connectivity index (χ1) is 7.09. The van der Waals surface area contributed by atoms with Gasteiger partial charge in [-0.2, -0.15) is 0 Å². The molecule has 0 aliphatic carbocycles. The van der Waals surface area contributed by atoms with Gasteiger partial charge in [0.05, 0.1) is 11.1 Å². The lowest BCUT2D eigenvalue weighted by atomic mass is 10.0. The molecule has 0 bridgehead atoms. The van der Waals surface area contributed by atoms with Gasteiger partial charge in [-0.05, 0) is 32.9 Å². The molecule has 4 nitrogen and oxygen atoms in total. The summed E-state index contributed by atoms with van der Waals surface area (Å²) in [5, 5.41) is 6.26. The molecule has 1 amide bonds. The van der Waals surface area contributed by atoms with Crippen LogP contribution in [-0.2, 0) is 0 Å². The van der Waals surface area contributed by atoms with E-state index >= 15 is 0 Å². The minimum Gasteiger partial charge on any atom is -0.469 e. The maximum atomic E-state index is 11.8. The molecule has 1 saturated heterocycles. The van der Waals surface area contributed by atoms with Crippen LogP contribution in [0.15, 0.2) is 16.7 Å². The highest BCUT2D eigenvalue weighted by atomic mass is 16.3. The van der Waals surface area contributed by atoms with Gasteiger partial charge in [0, 0.05) is 6.54 Å². The molecule has 82 valence electrons. The fourth-order valence-electron chi connectivity index (χ4n) is 1.83. The molecular formula is C11H16N2O2. The molecule has 1 fully saturated rings. The average Bonchev–Trinajstić information content (AvgIpc) is 2.75. The molecular weight excluding hydrogens is 192 g/mol. The number of nitrogens with one attached hydrogen (secondary N) is 2. The Hall–Kier alpha value is -1.29. The average molecular weight is 208 g/mol. The maximum absolute atomic E-state index is 11.8. The molecule has 2 N–H and O–H groups in total. The third kappa shape index (κ3) is 2.21. The fraction of sp³-hybridized carbons (Fsp3) is 0.545. The standard InChI is InChI=1S/C11H16N2O2/c1-8-5-9(6-15-8)10(14)13-11(2)3-4-12-7-11/h5-6,12H,3-4,7H2,1-2H3,(H,13,14). The monoisotopic (exact) mass is 208 g/mol. The minimum absolute atomic E-state index is 0.0574. The molecule has 2 rings (SSSR count). The molecule has 4 heteroatoms. The Balaban J connectivity index is 2.03. The summed E-state index contributed by atoms with van der Waals surface area (Å²) in [6, 6.07) is 1.75. The van der Waals surface area contributed by atoms with Crippen LogP contribution in [0.4, 0.5) is 0 Å². The first-order valence-electron chi connectivity index (χ1n) is 5.17. The van der Waals surface area contributed by atoms with Gasteiger partial charge in [0.1, 0.15) is 12.0 Å². The Bertz CT molecular complexity index is 364. The third-order valence-electron chi connectivity index (χ3n) is 2.78. The van der Waals surface area contributed by atoms with Crippen LogP contribution in [-0.4, -0.2) is 24.5 Å². The molecule has 15 heavy (non-hydrogen) atoms. The van der Waals surface area contributed by atoms with E-state index in [1.54, 1.807) is 6.07 Å². The van der Waals surface area contributed by atoms with Crippen molar-refractivity contribution in [2.75, 3.05) is 13.1 Å². The van der Waals surface area contributed by atoms with Gasteiger partial charge in [-0.25, -0.2) is 0 Å². The molecule has 0 spiro atoms. The van der Waals surface area contributed by atoms with Gasteiger partial charge < -0.3 is 15.1 Å². The predicted octanol–water partition coefficient (Wildman–Crippen LogP) is 1.07. The van der Waals surface area contributed by atoms with Crippen LogP contribution < -0.4 is 10.6 Å². The Labute approximate surface area is 89.0 Å². The minimum atomic E-state index is -0.123. The number of amides is 1. The van der Waals surface area contributed by atoms with Crippen LogP contribution in [0.25, 0.3) is 0 Å². The Morgan fingerprint density at radius 2 is 2.47 bits per heavy atom. The first kappa shape index (κ1) is 10.2. The highest BCUT2D eigenvalue weighted by molar-refractivity contribution is 5.94.